The topological polar surface area (TPSA) is 242 Å². The number of aromatic nitrogens is 4. The predicted molar refractivity (Wildman–Crippen MR) is 272 cm³/mol. The first kappa shape index (κ1) is 56.4. The van der Waals surface area contributed by atoms with E-state index in [1.165, 1.54) is 0 Å². The van der Waals surface area contributed by atoms with E-state index in [1.54, 1.807) is 116 Å². The molecule has 384 valence electrons. The Hall–Kier alpha value is -7.56. The summed E-state index contributed by atoms with van der Waals surface area (Å²) in [6.45, 7) is 3.83. The van der Waals surface area contributed by atoms with Crippen LogP contribution in [0.3, 0.4) is 0 Å². The SMILES string of the molecule is CO.COCCOCCOc1ccc2c(c1)C(=Nc1cc(OC)ccn1)[N-]C2=Nc1cc(OC)ccn1.COCCOCCOc1ccc2c(c1)C(=Nc1cc(OC)ccn1)[N-]C2=Nc1cc(OC)ccn1.[Fe+2]. The van der Waals surface area contributed by atoms with Gasteiger partial charge < -0.3 is 83.1 Å². The molecule has 0 saturated heterocycles. The largest absolute Gasteiger partial charge is 2.00 e. The first-order valence-electron chi connectivity index (χ1n) is 22.3. The number of nitrogens with zero attached hydrogens (tertiary/aromatic N) is 10. The van der Waals surface area contributed by atoms with Crippen molar-refractivity contribution in [3.63, 3.8) is 0 Å². The Morgan fingerprint density at radius 3 is 0.973 bits per heavy atom. The van der Waals surface area contributed by atoms with Crippen molar-refractivity contribution in [3.8, 4) is 34.5 Å². The average molecular weight is 1040 g/mol. The van der Waals surface area contributed by atoms with Gasteiger partial charge in [-0.2, -0.15) is 0 Å². The van der Waals surface area contributed by atoms with Gasteiger partial charge in [-0.3, -0.25) is 19.9 Å². The summed E-state index contributed by atoms with van der Waals surface area (Å²) in [6.07, 6.45) is 6.53. The molecule has 22 heteroatoms. The van der Waals surface area contributed by atoms with Gasteiger partial charge in [0.1, 0.15) is 47.7 Å². The van der Waals surface area contributed by atoms with Crippen LogP contribution in [0.25, 0.3) is 10.6 Å². The molecule has 0 amide bonds. The van der Waals surface area contributed by atoms with Gasteiger partial charge in [0.25, 0.3) is 0 Å². The third-order valence-corrected chi connectivity index (χ3v) is 9.92. The van der Waals surface area contributed by atoms with E-state index in [4.69, 9.17) is 52.5 Å². The van der Waals surface area contributed by atoms with E-state index in [0.717, 1.165) is 29.4 Å². The van der Waals surface area contributed by atoms with Gasteiger partial charge in [0.05, 0.1) is 91.4 Å². The van der Waals surface area contributed by atoms with Crippen LogP contribution in [0, 0.1) is 0 Å². The minimum absolute atomic E-state index is 0. The van der Waals surface area contributed by atoms with Crippen LogP contribution < -0.4 is 28.4 Å². The number of benzene rings is 2. The molecule has 0 saturated carbocycles. The summed E-state index contributed by atoms with van der Waals surface area (Å²) < 4.78 is 53.7. The molecule has 8 rings (SSSR count). The Bertz CT molecular complexity index is 2630. The van der Waals surface area contributed by atoms with E-state index in [-0.39, 0.29) is 17.1 Å². The molecule has 0 bridgehead atoms. The Labute approximate surface area is 434 Å². The molecule has 0 unspecified atom stereocenters. The molecule has 2 aliphatic heterocycles. The molecule has 73 heavy (non-hydrogen) atoms. The van der Waals surface area contributed by atoms with Crippen LogP contribution in [-0.2, 0) is 36.0 Å². The van der Waals surface area contributed by atoms with Crippen molar-refractivity contribution in [1.29, 1.82) is 0 Å². The second-order valence-electron chi connectivity index (χ2n) is 14.5. The molecule has 2 aliphatic rings. The van der Waals surface area contributed by atoms with E-state index < -0.39 is 0 Å². The van der Waals surface area contributed by atoms with E-state index in [9.17, 15) is 0 Å². The van der Waals surface area contributed by atoms with Crippen LogP contribution in [0.2, 0.25) is 0 Å². The van der Waals surface area contributed by atoms with Gasteiger partial charge in [0.2, 0.25) is 0 Å². The van der Waals surface area contributed by atoms with Crippen molar-refractivity contribution in [2.75, 3.05) is 103 Å². The summed E-state index contributed by atoms with van der Waals surface area (Å²) in [5.41, 5.74) is 3.16. The first-order valence-corrected chi connectivity index (χ1v) is 22.3. The van der Waals surface area contributed by atoms with Gasteiger partial charge in [-0.25, -0.2) is 0 Å². The molecular formula is C51H56FeN10O11. The molecule has 0 fully saturated rings. The van der Waals surface area contributed by atoms with Gasteiger partial charge >= 0.3 is 17.1 Å². The standard InChI is InChI=1S/2C25H26N5O5.CH4O.Fe/c2*1-31-10-11-34-12-13-35-19-4-5-20-21(14-19)25(29-23-16-18(33-3)7-9-27-23)30-24(20)28-22-15-17(32-2)6-8-26-22;1-2;/h2*4-9,14-16H,10-13H2,1-3H3;2H,1H3;/q2*-1;;+2. The first-order chi connectivity index (χ1) is 35.4. The van der Waals surface area contributed by atoms with Crippen LogP contribution in [0.15, 0.2) is 130 Å². The van der Waals surface area contributed by atoms with E-state index >= 15 is 0 Å². The fourth-order valence-electron chi connectivity index (χ4n) is 6.48. The van der Waals surface area contributed by atoms with Crippen molar-refractivity contribution in [3.05, 3.63) is 143 Å². The van der Waals surface area contributed by atoms with E-state index in [0.29, 0.717) is 134 Å². The van der Waals surface area contributed by atoms with Crippen LogP contribution >= 0.6 is 0 Å². The van der Waals surface area contributed by atoms with Gasteiger partial charge in [-0.05, 0) is 82.9 Å². The summed E-state index contributed by atoms with van der Waals surface area (Å²) in [6, 6.07) is 25.3. The monoisotopic (exact) mass is 1040 g/mol. The summed E-state index contributed by atoms with van der Waals surface area (Å²) in [5, 5.41) is 16.3. The van der Waals surface area contributed by atoms with Crippen LogP contribution in [0.4, 0.5) is 23.3 Å². The number of ether oxygens (including phenoxy) is 10. The van der Waals surface area contributed by atoms with E-state index in [1.807, 2.05) is 36.4 Å². The zero-order chi connectivity index (χ0) is 50.9. The third-order valence-electron chi connectivity index (χ3n) is 9.92. The number of aliphatic hydroxyl groups is 1. The van der Waals surface area contributed by atoms with Crippen molar-refractivity contribution >= 4 is 46.6 Å². The van der Waals surface area contributed by atoms with Crippen molar-refractivity contribution < 1.29 is 69.5 Å². The number of pyridine rings is 4. The fourth-order valence-corrected chi connectivity index (χ4v) is 6.48. The Morgan fingerprint density at radius 1 is 0.370 bits per heavy atom. The summed E-state index contributed by atoms with van der Waals surface area (Å²) in [5.74, 6) is 7.72. The maximum absolute atomic E-state index is 7.00. The minimum atomic E-state index is 0. The maximum Gasteiger partial charge on any atom is 2.00 e. The molecule has 0 radical (unpaired) electrons. The molecule has 2 aromatic carbocycles. The molecule has 6 aromatic rings. The Kier molecular flexibility index (Phi) is 23.4. The number of methoxy groups -OCH3 is 6. The third kappa shape index (κ3) is 16.8. The Balaban J connectivity index is 0.000000258. The Morgan fingerprint density at radius 2 is 0.671 bits per heavy atom. The zero-order valence-corrected chi connectivity index (χ0v) is 42.5. The van der Waals surface area contributed by atoms with Crippen molar-refractivity contribution in [1.82, 2.24) is 19.9 Å². The molecule has 6 heterocycles. The number of fused-ring (bicyclic) bond motifs is 2. The second kappa shape index (κ2) is 30.3. The second-order valence-corrected chi connectivity index (χ2v) is 14.5. The molecule has 0 atom stereocenters. The number of rotatable bonds is 22. The van der Waals surface area contributed by atoms with Crippen molar-refractivity contribution in [2.24, 2.45) is 20.0 Å². The normalized spacial score (nSPS) is 14.1. The molecule has 0 spiro atoms. The zero-order valence-electron chi connectivity index (χ0n) is 41.4. The van der Waals surface area contributed by atoms with Crippen LogP contribution in [0.1, 0.15) is 22.3 Å². The molecule has 4 aromatic heterocycles. The van der Waals surface area contributed by atoms with Gasteiger partial charge in [0, 0.05) is 93.7 Å². The van der Waals surface area contributed by atoms with Gasteiger partial charge in [-0.1, -0.05) is 0 Å². The molecular weight excluding hydrogens is 984 g/mol. The predicted octanol–water partition coefficient (Wildman–Crippen LogP) is 7.77. The van der Waals surface area contributed by atoms with Gasteiger partial charge in [0.15, 0.2) is 0 Å². The van der Waals surface area contributed by atoms with E-state index in [2.05, 4.69) is 50.5 Å². The van der Waals surface area contributed by atoms with Crippen molar-refractivity contribution in [2.45, 2.75) is 0 Å². The average Bonchev–Trinajstić information content (AvgIpc) is 3.93. The van der Waals surface area contributed by atoms with Crippen LogP contribution in [-0.4, -0.2) is 151 Å². The summed E-state index contributed by atoms with van der Waals surface area (Å²) in [7, 11) is 10.6. The van der Waals surface area contributed by atoms with Crippen LogP contribution in [0.5, 0.6) is 34.5 Å². The number of aliphatic imine (C=N–C) groups is 4. The number of amidine groups is 4. The number of hydrogen-bond acceptors (Lipinski definition) is 19. The maximum atomic E-state index is 7.00. The quantitative estimate of drug-likeness (QED) is 0.0504. The fraction of sp³-hybridized carbons (Fsp3) is 0.294. The minimum Gasteiger partial charge on any atom is -0.497 e. The number of hydrogen-bond donors (Lipinski definition) is 1. The molecule has 21 nitrogen and oxygen atoms in total. The molecule has 1 N–H and O–H groups in total. The number of aliphatic hydroxyl groups excluding tert-OH is 1. The summed E-state index contributed by atoms with van der Waals surface area (Å²) in [4.78, 5) is 35.8. The smallest absolute Gasteiger partial charge is 0.497 e. The molecule has 0 aliphatic carbocycles. The summed E-state index contributed by atoms with van der Waals surface area (Å²) >= 11 is 0. The van der Waals surface area contributed by atoms with Gasteiger partial charge in [-0.15, -0.1) is 0 Å².